The summed E-state index contributed by atoms with van der Waals surface area (Å²) in [4.78, 5) is 20.0. The number of anilines is 1. The van der Waals surface area contributed by atoms with Crippen molar-refractivity contribution in [2.24, 2.45) is 0 Å². The molecule has 1 aromatic heterocycles. The van der Waals surface area contributed by atoms with Gasteiger partial charge in [0.2, 0.25) is 5.91 Å². The Morgan fingerprint density at radius 1 is 1.00 bits per heavy atom. The van der Waals surface area contributed by atoms with Crippen molar-refractivity contribution in [1.82, 2.24) is 9.97 Å². The molecule has 0 saturated heterocycles. The Balaban J connectivity index is 1.27. The summed E-state index contributed by atoms with van der Waals surface area (Å²) in [5, 5.41) is 3.59. The Hall–Kier alpha value is -3.45. The fourth-order valence-electron chi connectivity index (χ4n) is 3.00. The first-order chi connectivity index (χ1) is 15.2. The van der Waals surface area contributed by atoms with E-state index in [2.05, 4.69) is 15.3 Å². The molecule has 0 unspecified atom stereocenters. The molecule has 0 bridgehead atoms. The number of nitrogens with zero attached hydrogens (tertiary/aromatic N) is 1. The lowest BCUT2D eigenvalue weighted by Gasteiger charge is -2.08. The van der Waals surface area contributed by atoms with Crippen LogP contribution in [0.15, 0.2) is 78.0 Å². The van der Waals surface area contributed by atoms with Gasteiger partial charge in [0.1, 0.15) is 18.1 Å². The zero-order valence-electron chi connectivity index (χ0n) is 17.1. The highest BCUT2D eigenvalue weighted by molar-refractivity contribution is 7.99. The van der Waals surface area contributed by atoms with Crippen LogP contribution in [0.5, 0.6) is 11.5 Å². The lowest BCUT2D eigenvalue weighted by molar-refractivity contribution is -0.113. The molecule has 2 N–H and O–H groups in total. The molecule has 0 radical (unpaired) electrons. The average molecular weight is 434 g/mol. The van der Waals surface area contributed by atoms with Crippen LogP contribution in [-0.4, -0.2) is 28.2 Å². The Kier molecular flexibility index (Phi) is 6.74. The number of amides is 1. The predicted octanol–water partition coefficient (Wildman–Crippen LogP) is 5.27. The number of aromatic nitrogens is 2. The van der Waals surface area contributed by atoms with E-state index < -0.39 is 0 Å². The highest BCUT2D eigenvalue weighted by atomic mass is 32.2. The number of H-pyrrole nitrogens is 1. The minimum atomic E-state index is -0.0987. The number of rotatable bonds is 9. The lowest BCUT2D eigenvalue weighted by Crippen LogP contribution is -2.14. The fourth-order valence-corrected chi connectivity index (χ4v) is 3.68. The number of aromatic amines is 1. The molecule has 0 spiro atoms. The molecule has 0 fully saturated rings. The van der Waals surface area contributed by atoms with E-state index in [0.717, 1.165) is 33.8 Å². The van der Waals surface area contributed by atoms with E-state index in [-0.39, 0.29) is 11.7 Å². The molecular weight excluding hydrogens is 410 g/mol. The number of carbonyl (C=O) groups is 1. The first-order valence-corrected chi connectivity index (χ1v) is 11.0. The quantitative estimate of drug-likeness (QED) is 0.352. The number of imidazole rings is 1. The van der Waals surface area contributed by atoms with Crippen LogP contribution < -0.4 is 14.8 Å². The summed E-state index contributed by atoms with van der Waals surface area (Å²) in [5.74, 6) is 1.71. The molecular formula is C24H23N3O3S. The van der Waals surface area contributed by atoms with Crippen LogP contribution in [0.3, 0.4) is 0 Å². The molecule has 0 saturated carbocycles. The van der Waals surface area contributed by atoms with Crippen molar-refractivity contribution in [3.05, 3.63) is 78.4 Å². The number of benzene rings is 3. The largest absolute Gasteiger partial charge is 0.494 e. The molecule has 7 heteroatoms. The van der Waals surface area contributed by atoms with E-state index in [9.17, 15) is 4.79 Å². The van der Waals surface area contributed by atoms with Gasteiger partial charge in [-0.25, -0.2) is 4.98 Å². The number of carbonyl (C=O) groups excluding carboxylic acids is 1. The third kappa shape index (κ3) is 5.79. The minimum Gasteiger partial charge on any atom is -0.494 e. The molecule has 3 aromatic carbocycles. The van der Waals surface area contributed by atoms with Gasteiger partial charge in [0.25, 0.3) is 0 Å². The van der Waals surface area contributed by atoms with Crippen molar-refractivity contribution in [3.8, 4) is 11.5 Å². The number of ether oxygens (including phenoxy) is 2. The van der Waals surface area contributed by atoms with Gasteiger partial charge in [-0.2, -0.15) is 0 Å². The molecule has 0 aliphatic rings. The van der Waals surface area contributed by atoms with E-state index in [4.69, 9.17) is 9.47 Å². The second kappa shape index (κ2) is 10.0. The maximum atomic E-state index is 12.3. The van der Waals surface area contributed by atoms with E-state index in [0.29, 0.717) is 18.4 Å². The van der Waals surface area contributed by atoms with Crippen molar-refractivity contribution in [2.45, 2.75) is 18.7 Å². The van der Waals surface area contributed by atoms with Crippen molar-refractivity contribution >= 4 is 34.4 Å². The van der Waals surface area contributed by atoms with E-state index >= 15 is 0 Å². The van der Waals surface area contributed by atoms with Crippen LogP contribution in [0, 0.1) is 0 Å². The normalized spacial score (nSPS) is 10.7. The van der Waals surface area contributed by atoms with Crippen molar-refractivity contribution in [3.63, 3.8) is 0 Å². The maximum absolute atomic E-state index is 12.3. The first kappa shape index (κ1) is 20.8. The van der Waals surface area contributed by atoms with Crippen LogP contribution >= 0.6 is 11.8 Å². The van der Waals surface area contributed by atoms with Gasteiger partial charge in [-0.15, -0.1) is 0 Å². The standard InChI is InChI=1S/C24H23N3O3S/c1-2-29-20-12-13-21-22(14-20)27-24(26-21)31-16-23(28)25-18-8-10-19(11-9-18)30-15-17-6-4-3-5-7-17/h3-14H,2,15-16H2,1H3,(H,25,28)(H,26,27). The van der Waals surface area contributed by atoms with Crippen molar-refractivity contribution in [2.75, 3.05) is 17.7 Å². The van der Waals surface area contributed by atoms with Crippen molar-refractivity contribution in [1.29, 1.82) is 0 Å². The Morgan fingerprint density at radius 2 is 1.77 bits per heavy atom. The number of nitrogens with one attached hydrogen (secondary N) is 2. The molecule has 6 nitrogen and oxygen atoms in total. The monoisotopic (exact) mass is 433 g/mol. The van der Waals surface area contributed by atoms with Crippen LogP contribution in [0.1, 0.15) is 12.5 Å². The number of hydrogen-bond donors (Lipinski definition) is 2. The number of hydrogen-bond acceptors (Lipinski definition) is 5. The topological polar surface area (TPSA) is 76.2 Å². The van der Waals surface area contributed by atoms with Crippen molar-refractivity contribution < 1.29 is 14.3 Å². The van der Waals surface area contributed by atoms with Crippen LogP contribution in [-0.2, 0) is 11.4 Å². The Bertz CT molecular complexity index is 1140. The Labute approximate surface area is 185 Å². The van der Waals surface area contributed by atoms with Crippen LogP contribution in [0.4, 0.5) is 5.69 Å². The zero-order chi connectivity index (χ0) is 21.5. The van der Waals surface area contributed by atoms with Gasteiger partial charge in [-0.1, -0.05) is 42.1 Å². The molecule has 0 aliphatic heterocycles. The van der Waals surface area contributed by atoms with Gasteiger partial charge in [-0.3, -0.25) is 4.79 Å². The van der Waals surface area contributed by atoms with E-state index in [1.165, 1.54) is 11.8 Å². The summed E-state index contributed by atoms with van der Waals surface area (Å²) in [6, 6.07) is 23.1. The molecule has 1 amide bonds. The SMILES string of the molecule is CCOc1ccc2nc(SCC(=O)Nc3ccc(OCc4ccccc4)cc3)[nH]c2c1. The second-order valence-electron chi connectivity index (χ2n) is 6.79. The highest BCUT2D eigenvalue weighted by Gasteiger charge is 2.09. The lowest BCUT2D eigenvalue weighted by atomic mass is 10.2. The summed E-state index contributed by atoms with van der Waals surface area (Å²) >= 11 is 1.36. The first-order valence-electron chi connectivity index (χ1n) is 10.0. The molecule has 4 rings (SSSR count). The minimum absolute atomic E-state index is 0.0987. The number of thioether (sulfide) groups is 1. The van der Waals surface area contributed by atoms with Gasteiger partial charge in [-0.05, 0) is 48.9 Å². The number of fused-ring (bicyclic) bond motifs is 1. The van der Waals surface area contributed by atoms with Gasteiger partial charge >= 0.3 is 0 Å². The summed E-state index contributed by atoms with van der Waals surface area (Å²) in [7, 11) is 0. The maximum Gasteiger partial charge on any atom is 0.234 e. The third-order valence-electron chi connectivity index (χ3n) is 4.47. The molecule has 1 heterocycles. The van der Waals surface area contributed by atoms with E-state index in [1.54, 1.807) is 0 Å². The molecule has 0 aliphatic carbocycles. The highest BCUT2D eigenvalue weighted by Crippen LogP contribution is 2.24. The summed E-state index contributed by atoms with van der Waals surface area (Å²) < 4.78 is 11.3. The van der Waals surface area contributed by atoms with Crippen LogP contribution in [0.25, 0.3) is 11.0 Å². The fraction of sp³-hybridized carbons (Fsp3) is 0.167. The summed E-state index contributed by atoms with van der Waals surface area (Å²) in [5.41, 5.74) is 3.57. The summed E-state index contributed by atoms with van der Waals surface area (Å²) in [6.07, 6.45) is 0. The zero-order valence-corrected chi connectivity index (χ0v) is 17.9. The predicted molar refractivity (Wildman–Crippen MR) is 124 cm³/mol. The van der Waals surface area contributed by atoms with Gasteiger partial charge in [0, 0.05) is 11.8 Å². The Morgan fingerprint density at radius 3 is 2.55 bits per heavy atom. The van der Waals surface area contributed by atoms with Gasteiger partial charge in [0.05, 0.1) is 23.4 Å². The van der Waals surface area contributed by atoms with Crippen LogP contribution in [0.2, 0.25) is 0 Å². The molecule has 31 heavy (non-hydrogen) atoms. The second-order valence-corrected chi connectivity index (χ2v) is 7.75. The smallest absolute Gasteiger partial charge is 0.234 e. The van der Waals surface area contributed by atoms with E-state index in [1.807, 2.05) is 79.7 Å². The third-order valence-corrected chi connectivity index (χ3v) is 5.34. The molecule has 0 atom stereocenters. The average Bonchev–Trinajstić information content (AvgIpc) is 3.20. The molecule has 158 valence electrons. The summed E-state index contributed by atoms with van der Waals surface area (Å²) in [6.45, 7) is 3.07. The van der Waals surface area contributed by atoms with Gasteiger partial charge < -0.3 is 19.8 Å². The molecule has 4 aromatic rings. The van der Waals surface area contributed by atoms with Gasteiger partial charge in [0.15, 0.2) is 5.16 Å².